The van der Waals surface area contributed by atoms with E-state index in [-0.39, 0.29) is 24.3 Å². The minimum Gasteiger partial charge on any atom is -0.465 e. The quantitative estimate of drug-likeness (QED) is 0.638. The molecule has 5 rings (SSSR count). The third-order valence-electron chi connectivity index (χ3n) is 7.79. The number of aliphatic hydroxyl groups excluding tert-OH is 1. The summed E-state index contributed by atoms with van der Waals surface area (Å²) < 4.78 is 16.4. The van der Waals surface area contributed by atoms with E-state index in [0.717, 1.165) is 18.5 Å². The smallest absolute Gasteiger partial charge is 0.408 e. The van der Waals surface area contributed by atoms with Crippen molar-refractivity contribution in [1.82, 2.24) is 10.2 Å². The molecule has 0 aromatic heterocycles. The van der Waals surface area contributed by atoms with E-state index in [9.17, 15) is 19.8 Å². The van der Waals surface area contributed by atoms with Gasteiger partial charge < -0.3 is 20.4 Å². The number of hydrogen-bond donors (Lipinski definition) is 3. The average Bonchev–Trinajstić information content (AvgIpc) is 3.54. The molecular formula is C23H30FN3O4. The number of para-hydroxylation sites is 1. The molecule has 7 nitrogen and oxygen atoms in total. The number of benzene rings is 1. The fourth-order valence-corrected chi connectivity index (χ4v) is 6.36. The van der Waals surface area contributed by atoms with Crippen molar-refractivity contribution in [2.24, 2.45) is 11.8 Å². The summed E-state index contributed by atoms with van der Waals surface area (Å²) in [6, 6.07) is 8.53. The van der Waals surface area contributed by atoms with E-state index in [1.807, 2.05) is 30.3 Å². The van der Waals surface area contributed by atoms with Gasteiger partial charge in [0.15, 0.2) is 6.30 Å². The molecule has 1 saturated carbocycles. The van der Waals surface area contributed by atoms with E-state index in [2.05, 4.69) is 5.32 Å². The molecular weight excluding hydrogens is 401 g/mol. The molecule has 168 valence electrons. The number of nitrogens with one attached hydrogen (secondary N) is 1. The van der Waals surface area contributed by atoms with Gasteiger partial charge in [-0.1, -0.05) is 18.2 Å². The Morgan fingerprint density at radius 1 is 1.13 bits per heavy atom. The third-order valence-corrected chi connectivity index (χ3v) is 7.79. The number of anilines is 1. The molecule has 8 heteroatoms. The summed E-state index contributed by atoms with van der Waals surface area (Å²) in [5.74, 6) is -0.813. The van der Waals surface area contributed by atoms with Crippen molar-refractivity contribution in [2.75, 3.05) is 11.4 Å². The Hall–Kier alpha value is -2.35. The first-order valence-corrected chi connectivity index (χ1v) is 11.4. The van der Waals surface area contributed by atoms with Crippen molar-refractivity contribution < 1.29 is 24.2 Å². The lowest BCUT2D eigenvalue weighted by Gasteiger charge is -2.55. The number of alkyl halides is 1. The lowest BCUT2D eigenvalue weighted by molar-refractivity contribution is -0.125. The maximum Gasteiger partial charge on any atom is 0.408 e. The van der Waals surface area contributed by atoms with Crippen molar-refractivity contribution >= 4 is 17.7 Å². The number of hydrogen-bond acceptors (Lipinski definition) is 4. The van der Waals surface area contributed by atoms with Crippen LogP contribution in [-0.4, -0.2) is 63.7 Å². The van der Waals surface area contributed by atoms with Gasteiger partial charge in [0.1, 0.15) is 0 Å². The van der Waals surface area contributed by atoms with Crippen LogP contribution in [0.25, 0.3) is 0 Å². The van der Waals surface area contributed by atoms with Crippen LogP contribution in [0.5, 0.6) is 0 Å². The Bertz CT molecular complexity index is 850. The van der Waals surface area contributed by atoms with Crippen LogP contribution in [0.2, 0.25) is 0 Å². The number of carbonyl (C=O) groups is 2. The van der Waals surface area contributed by atoms with Crippen molar-refractivity contribution in [2.45, 2.75) is 75.0 Å². The van der Waals surface area contributed by atoms with Crippen LogP contribution in [0, 0.1) is 11.8 Å². The van der Waals surface area contributed by atoms with Crippen molar-refractivity contribution in [3.8, 4) is 0 Å². The van der Waals surface area contributed by atoms with Gasteiger partial charge in [-0.25, -0.2) is 9.18 Å². The molecule has 1 aromatic rings. The number of nitrogens with zero attached hydrogens (tertiary/aromatic N) is 2. The molecule has 4 aliphatic rings. The second-order valence-electron chi connectivity index (χ2n) is 9.65. The number of aliphatic hydroxyl groups is 1. The van der Waals surface area contributed by atoms with Gasteiger partial charge in [-0.2, -0.15) is 0 Å². The van der Waals surface area contributed by atoms with Crippen LogP contribution in [-0.2, 0) is 4.79 Å². The van der Waals surface area contributed by atoms with Crippen molar-refractivity contribution in [3.63, 3.8) is 0 Å². The molecule has 2 bridgehead atoms. The number of fused-ring (bicyclic) bond motifs is 2. The zero-order valence-electron chi connectivity index (χ0n) is 17.5. The maximum atomic E-state index is 16.4. The zero-order valence-corrected chi connectivity index (χ0v) is 17.5. The number of carboxylic acid groups (broad SMARTS) is 1. The van der Waals surface area contributed by atoms with Crippen molar-refractivity contribution in [3.05, 3.63) is 30.3 Å². The minimum atomic E-state index is -1.47. The molecule has 2 amide bonds. The van der Waals surface area contributed by atoms with E-state index in [0.29, 0.717) is 32.2 Å². The summed E-state index contributed by atoms with van der Waals surface area (Å²) in [4.78, 5) is 28.0. The zero-order chi connectivity index (χ0) is 21.8. The first-order valence-electron chi connectivity index (χ1n) is 11.4. The van der Waals surface area contributed by atoms with Gasteiger partial charge in [0.05, 0.1) is 17.6 Å². The summed E-state index contributed by atoms with van der Waals surface area (Å²) in [5, 5.41) is 23.7. The summed E-state index contributed by atoms with van der Waals surface area (Å²) in [6.45, 7) is 0.437. The predicted molar refractivity (Wildman–Crippen MR) is 112 cm³/mol. The summed E-state index contributed by atoms with van der Waals surface area (Å²) in [5.41, 5.74) is -0.279. The lowest BCUT2D eigenvalue weighted by atomic mass is 9.69. The molecule has 3 N–H and O–H groups in total. The van der Waals surface area contributed by atoms with Gasteiger partial charge in [0.2, 0.25) is 5.91 Å². The van der Waals surface area contributed by atoms with Crippen LogP contribution < -0.4 is 10.2 Å². The number of rotatable bonds is 4. The molecule has 31 heavy (non-hydrogen) atoms. The lowest BCUT2D eigenvalue weighted by Crippen LogP contribution is -2.69. The van der Waals surface area contributed by atoms with Gasteiger partial charge in [-0.15, -0.1) is 0 Å². The van der Waals surface area contributed by atoms with E-state index in [1.54, 1.807) is 4.90 Å². The van der Waals surface area contributed by atoms with E-state index >= 15 is 4.39 Å². The van der Waals surface area contributed by atoms with Gasteiger partial charge in [0.25, 0.3) is 0 Å². The molecule has 3 heterocycles. The highest BCUT2D eigenvalue weighted by atomic mass is 19.1. The molecule has 1 aliphatic carbocycles. The topological polar surface area (TPSA) is 93.1 Å². The molecule has 3 saturated heterocycles. The molecule has 3 aliphatic heterocycles. The maximum absolute atomic E-state index is 16.4. The average molecular weight is 432 g/mol. The first-order chi connectivity index (χ1) is 14.9. The fourth-order valence-electron chi connectivity index (χ4n) is 6.36. The van der Waals surface area contributed by atoms with Gasteiger partial charge in [-0.05, 0) is 57.1 Å². The monoisotopic (exact) mass is 431 g/mol. The Balaban J connectivity index is 1.53. The largest absolute Gasteiger partial charge is 0.465 e. The molecule has 6 unspecified atom stereocenters. The van der Waals surface area contributed by atoms with Crippen molar-refractivity contribution in [1.29, 1.82) is 0 Å². The molecule has 1 aromatic carbocycles. The van der Waals surface area contributed by atoms with Crippen LogP contribution in [0.15, 0.2) is 30.3 Å². The van der Waals surface area contributed by atoms with Gasteiger partial charge in [-0.3, -0.25) is 9.69 Å². The van der Waals surface area contributed by atoms with Gasteiger partial charge in [0, 0.05) is 30.2 Å². The van der Waals surface area contributed by atoms with E-state index in [1.165, 1.54) is 4.90 Å². The predicted octanol–water partition coefficient (Wildman–Crippen LogP) is 2.74. The summed E-state index contributed by atoms with van der Waals surface area (Å²) >= 11 is 0. The summed E-state index contributed by atoms with van der Waals surface area (Å²) in [7, 11) is 0. The third kappa shape index (κ3) is 3.45. The Kier molecular flexibility index (Phi) is 5.07. The highest BCUT2D eigenvalue weighted by Crippen LogP contribution is 2.53. The Morgan fingerprint density at radius 2 is 1.87 bits per heavy atom. The van der Waals surface area contributed by atoms with Crippen LogP contribution >= 0.6 is 0 Å². The highest BCUT2D eigenvalue weighted by molar-refractivity contribution is 5.81. The number of piperidine rings is 2. The van der Waals surface area contributed by atoms with E-state index in [4.69, 9.17) is 0 Å². The molecule has 0 spiro atoms. The molecule has 0 radical (unpaired) electrons. The standard InChI is InChI=1S/C23H30FN3O4/c24-20-19(23-10-8-16(12-17(28)13-23)27(23)22(30)31)18(25-21(29)14-6-7-14)9-11-26(20)15-4-2-1-3-5-15/h1-5,14,16-20,28H,6-13H2,(H,25,29)(H,30,31). The SMILES string of the molecule is O=C(NC1CCN(c2ccccc2)C(F)C1C12CCC(CC(O)C1)N2C(=O)O)C1CC1. The number of amides is 2. The second-order valence-corrected chi connectivity index (χ2v) is 9.65. The van der Waals surface area contributed by atoms with Crippen LogP contribution in [0.4, 0.5) is 14.9 Å². The first kappa shape index (κ1) is 20.5. The minimum absolute atomic E-state index is 0.00721. The highest BCUT2D eigenvalue weighted by Gasteiger charge is 2.63. The van der Waals surface area contributed by atoms with Crippen LogP contribution in [0.3, 0.4) is 0 Å². The fraction of sp³-hybridized carbons (Fsp3) is 0.652. The number of halogens is 1. The molecule has 4 fully saturated rings. The Morgan fingerprint density at radius 3 is 2.55 bits per heavy atom. The summed E-state index contributed by atoms with van der Waals surface area (Å²) in [6.07, 6.45) is 0.759. The van der Waals surface area contributed by atoms with E-state index < -0.39 is 36.0 Å². The number of carbonyl (C=O) groups excluding carboxylic acids is 1. The van der Waals surface area contributed by atoms with Gasteiger partial charge >= 0.3 is 6.09 Å². The van der Waals surface area contributed by atoms with Crippen LogP contribution in [0.1, 0.15) is 44.9 Å². The Labute approximate surface area is 181 Å². The molecule has 6 atom stereocenters. The second kappa shape index (κ2) is 7.65. The normalized spacial score (nSPS) is 37.5.